The molecule has 1 amide bonds. The molecule has 0 bridgehead atoms. The quantitative estimate of drug-likeness (QED) is 0.730. The predicted octanol–water partition coefficient (Wildman–Crippen LogP) is 1.17. The van der Waals surface area contributed by atoms with Crippen LogP contribution in [0.2, 0.25) is 0 Å². The fraction of sp³-hybridized carbons (Fsp3) is 0.533. The maximum Gasteiger partial charge on any atom is 0.222 e. The number of aromatic hydroxyl groups is 1. The molecule has 1 aliphatic heterocycles. The highest BCUT2D eigenvalue weighted by Crippen LogP contribution is 2.14. The van der Waals surface area contributed by atoms with Gasteiger partial charge >= 0.3 is 0 Å². The molecular weight excluding hydrogens is 256 g/mol. The number of phenols is 1. The number of rotatable bonds is 6. The fourth-order valence-corrected chi connectivity index (χ4v) is 2.22. The molecule has 0 aliphatic carbocycles. The molecule has 1 aromatic carbocycles. The van der Waals surface area contributed by atoms with Gasteiger partial charge < -0.3 is 20.5 Å². The van der Waals surface area contributed by atoms with Crippen molar-refractivity contribution >= 4 is 5.91 Å². The zero-order valence-corrected chi connectivity index (χ0v) is 11.6. The highest BCUT2D eigenvalue weighted by Gasteiger charge is 2.13. The minimum absolute atomic E-state index is 0.0535. The van der Waals surface area contributed by atoms with Gasteiger partial charge in [0.1, 0.15) is 5.75 Å². The first-order valence-corrected chi connectivity index (χ1v) is 7.11. The van der Waals surface area contributed by atoms with Crippen LogP contribution >= 0.6 is 0 Å². The summed E-state index contributed by atoms with van der Waals surface area (Å²) in [4.78, 5) is 11.7. The van der Waals surface area contributed by atoms with Crippen molar-refractivity contribution < 1.29 is 14.6 Å². The SMILES string of the molecule is O=C(CCOC1CCNCC1)NCc1ccccc1O. The third kappa shape index (κ3) is 4.83. The number of hydrogen-bond donors (Lipinski definition) is 3. The number of carbonyl (C=O) groups is 1. The Hall–Kier alpha value is -1.59. The predicted molar refractivity (Wildman–Crippen MR) is 76.4 cm³/mol. The van der Waals surface area contributed by atoms with E-state index < -0.39 is 0 Å². The van der Waals surface area contributed by atoms with Gasteiger partial charge in [-0.3, -0.25) is 4.79 Å². The first-order chi connectivity index (χ1) is 9.75. The van der Waals surface area contributed by atoms with Gasteiger partial charge in [-0.1, -0.05) is 18.2 Å². The molecule has 3 N–H and O–H groups in total. The van der Waals surface area contributed by atoms with Crippen LogP contribution in [0.1, 0.15) is 24.8 Å². The van der Waals surface area contributed by atoms with Gasteiger partial charge in [-0.2, -0.15) is 0 Å². The summed E-state index contributed by atoms with van der Waals surface area (Å²) in [5.41, 5.74) is 0.722. The molecule has 0 atom stereocenters. The largest absolute Gasteiger partial charge is 0.508 e. The van der Waals surface area contributed by atoms with E-state index in [1.54, 1.807) is 18.2 Å². The number of para-hydroxylation sites is 1. The minimum Gasteiger partial charge on any atom is -0.508 e. The van der Waals surface area contributed by atoms with Gasteiger partial charge in [-0.15, -0.1) is 0 Å². The summed E-state index contributed by atoms with van der Waals surface area (Å²) in [5, 5.41) is 15.6. The summed E-state index contributed by atoms with van der Waals surface area (Å²) in [5.74, 6) is 0.154. The summed E-state index contributed by atoms with van der Waals surface area (Å²) < 4.78 is 5.68. The summed E-state index contributed by atoms with van der Waals surface area (Å²) in [6, 6.07) is 7.00. The molecule has 5 nitrogen and oxygen atoms in total. The van der Waals surface area contributed by atoms with Gasteiger partial charge in [-0.25, -0.2) is 0 Å². The number of benzene rings is 1. The van der Waals surface area contributed by atoms with Crippen LogP contribution in [0.4, 0.5) is 0 Å². The van der Waals surface area contributed by atoms with E-state index in [-0.39, 0.29) is 17.8 Å². The molecule has 20 heavy (non-hydrogen) atoms. The molecule has 0 unspecified atom stereocenters. The normalized spacial score (nSPS) is 16.0. The second-order valence-corrected chi connectivity index (χ2v) is 4.98. The molecule has 1 aromatic rings. The van der Waals surface area contributed by atoms with E-state index in [0.29, 0.717) is 19.6 Å². The Morgan fingerprint density at radius 2 is 2.10 bits per heavy atom. The molecule has 110 valence electrons. The van der Waals surface area contributed by atoms with Crippen LogP contribution < -0.4 is 10.6 Å². The minimum atomic E-state index is -0.0535. The number of phenolic OH excluding ortho intramolecular Hbond substituents is 1. The summed E-state index contributed by atoms with van der Waals surface area (Å²) in [6.45, 7) is 2.78. The summed E-state index contributed by atoms with van der Waals surface area (Å²) in [7, 11) is 0. The van der Waals surface area contributed by atoms with Gasteiger partial charge in [0.15, 0.2) is 0 Å². The van der Waals surface area contributed by atoms with E-state index in [4.69, 9.17) is 4.74 Å². The zero-order chi connectivity index (χ0) is 14.2. The Labute approximate surface area is 119 Å². The molecule has 1 aliphatic rings. The van der Waals surface area contributed by atoms with Crippen molar-refractivity contribution in [3.05, 3.63) is 29.8 Å². The molecule has 0 aromatic heterocycles. The Morgan fingerprint density at radius 3 is 2.85 bits per heavy atom. The number of amides is 1. The first kappa shape index (κ1) is 14.8. The number of piperidine rings is 1. The van der Waals surface area contributed by atoms with Crippen molar-refractivity contribution in [1.29, 1.82) is 0 Å². The zero-order valence-electron chi connectivity index (χ0n) is 11.6. The maximum absolute atomic E-state index is 11.7. The van der Waals surface area contributed by atoms with E-state index in [0.717, 1.165) is 31.5 Å². The van der Waals surface area contributed by atoms with Crippen molar-refractivity contribution in [2.45, 2.75) is 31.9 Å². The Kier molecular flexibility index (Phi) is 5.83. The molecule has 0 spiro atoms. The molecule has 5 heteroatoms. The standard InChI is InChI=1S/C15H22N2O3/c18-14-4-2-1-3-12(14)11-17-15(19)7-10-20-13-5-8-16-9-6-13/h1-4,13,16,18H,5-11H2,(H,17,19). The lowest BCUT2D eigenvalue weighted by Crippen LogP contribution is -2.33. The third-order valence-electron chi connectivity index (χ3n) is 3.44. The number of ether oxygens (including phenoxy) is 1. The van der Waals surface area contributed by atoms with E-state index in [2.05, 4.69) is 10.6 Å². The lowest BCUT2D eigenvalue weighted by molar-refractivity contribution is -0.122. The van der Waals surface area contributed by atoms with Crippen molar-refractivity contribution in [1.82, 2.24) is 10.6 Å². The smallest absolute Gasteiger partial charge is 0.222 e. The van der Waals surface area contributed by atoms with E-state index in [9.17, 15) is 9.90 Å². The van der Waals surface area contributed by atoms with E-state index >= 15 is 0 Å². The number of hydrogen-bond acceptors (Lipinski definition) is 4. The maximum atomic E-state index is 11.7. The highest BCUT2D eigenvalue weighted by molar-refractivity contribution is 5.76. The summed E-state index contributed by atoms with van der Waals surface area (Å²) >= 11 is 0. The second kappa shape index (κ2) is 7.87. The summed E-state index contributed by atoms with van der Waals surface area (Å²) in [6.07, 6.45) is 2.67. The van der Waals surface area contributed by atoms with Gasteiger partial charge in [0.25, 0.3) is 0 Å². The average molecular weight is 278 g/mol. The number of nitrogens with one attached hydrogen (secondary N) is 2. The number of carbonyl (C=O) groups excluding carboxylic acids is 1. The lowest BCUT2D eigenvalue weighted by atomic mass is 10.1. The highest BCUT2D eigenvalue weighted by atomic mass is 16.5. The second-order valence-electron chi connectivity index (χ2n) is 4.98. The third-order valence-corrected chi connectivity index (χ3v) is 3.44. The Bertz CT molecular complexity index is 431. The average Bonchev–Trinajstić information content (AvgIpc) is 2.47. The van der Waals surface area contributed by atoms with Gasteiger partial charge in [0.05, 0.1) is 12.7 Å². The van der Waals surface area contributed by atoms with Crippen LogP contribution in [-0.2, 0) is 16.1 Å². The van der Waals surface area contributed by atoms with E-state index in [1.807, 2.05) is 6.07 Å². The molecule has 0 radical (unpaired) electrons. The van der Waals surface area contributed by atoms with Crippen molar-refractivity contribution in [3.8, 4) is 5.75 Å². The van der Waals surface area contributed by atoms with Gasteiger partial charge in [0, 0.05) is 18.5 Å². The molecule has 1 fully saturated rings. The van der Waals surface area contributed by atoms with Crippen molar-refractivity contribution in [2.24, 2.45) is 0 Å². The molecule has 0 saturated carbocycles. The van der Waals surface area contributed by atoms with Crippen LogP contribution in [0.3, 0.4) is 0 Å². The Balaban J connectivity index is 1.62. The van der Waals surface area contributed by atoms with Crippen LogP contribution in [0.25, 0.3) is 0 Å². The van der Waals surface area contributed by atoms with E-state index in [1.165, 1.54) is 0 Å². The molecule has 1 heterocycles. The van der Waals surface area contributed by atoms with Crippen LogP contribution in [-0.4, -0.2) is 36.8 Å². The van der Waals surface area contributed by atoms with Crippen molar-refractivity contribution in [2.75, 3.05) is 19.7 Å². The molecule has 1 saturated heterocycles. The van der Waals surface area contributed by atoms with Crippen molar-refractivity contribution in [3.63, 3.8) is 0 Å². The van der Waals surface area contributed by atoms with Crippen LogP contribution in [0, 0.1) is 0 Å². The molecular formula is C15H22N2O3. The Morgan fingerprint density at radius 1 is 1.35 bits per heavy atom. The topological polar surface area (TPSA) is 70.6 Å². The molecule has 2 rings (SSSR count). The first-order valence-electron chi connectivity index (χ1n) is 7.11. The lowest BCUT2D eigenvalue weighted by Gasteiger charge is -2.22. The van der Waals surface area contributed by atoms with Gasteiger partial charge in [0.2, 0.25) is 5.91 Å². The fourth-order valence-electron chi connectivity index (χ4n) is 2.22. The van der Waals surface area contributed by atoms with Crippen LogP contribution in [0.15, 0.2) is 24.3 Å². The monoisotopic (exact) mass is 278 g/mol. The van der Waals surface area contributed by atoms with Crippen LogP contribution in [0.5, 0.6) is 5.75 Å². The van der Waals surface area contributed by atoms with Gasteiger partial charge in [-0.05, 0) is 32.0 Å².